The lowest BCUT2D eigenvalue weighted by molar-refractivity contribution is -0.150. The molecule has 4 nitrogen and oxygen atoms in total. The molecule has 0 unspecified atom stereocenters. The molecule has 20 heavy (non-hydrogen) atoms. The molecule has 0 aromatic heterocycles. The van der Waals surface area contributed by atoms with Gasteiger partial charge in [-0.1, -0.05) is 17.7 Å². The summed E-state index contributed by atoms with van der Waals surface area (Å²) in [6.45, 7) is 5.60. The van der Waals surface area contributed by atoms with Crippen molar-refractivity contribution in [3.8, 4) is 0 Å². The maximum atomic E-state index is 12.4. The monoisotopic (exact) mass is 277 g/mol. The Morgan fingerprint density at radius 2 is 2.05 bits per heavy atom. The summed E-state index contributed by atoms with van der Waals surface area (Å²) >= 11 is 0. The van der Waals surface area contributed by atoms with Crippen LogP contribution in [-0.4, -0.2) is 36.5 Å². The normalized spacial score (nSPS) is 20.2. The molecular formula is C16H23NO3. The predicted octanol–water partition coefficient (Wildman–Crippen LogP) is 2.45. The largest absolute Gasteiger partial charge is 0.466 e. The number of carbonyl (C=O) groups is 2. The van der Waals surface area contributed by atoms with Crippen molar-refractivity contribution in [2.24, 2.45) is 5.92 Å². The Kier molecular flexibility index (Phi) is 4.99. The molecule has 0 radical (unpaired) electrons. The number of amides is 1. The third kappa shape index (κ3) is 3.50. The topological polar surface area (TPSA) is 46.6 Å². The zero-order valence-corrected chi connectivity index (χ0v) is 12.4. The highest BCUT2D eigenvalue weighted by molar-refractivity contribution is 5.96. The second-order valence-corrected chi connectivity index (χ2v) is 5.51. The second-order valence-electron chi connectivity index (χ2n) is 5.51. The molecule has 2 rings (SSSR count). The number of rotatable bonds is 3. The number of hydrogen-bond acceptors (Lipinski definition) is 3. The Hall–Kier alpha value is -1.58. The molecule has 1 heterocycles. The molecule has 0 bridgehead atoms. The van der Waals surface area contributed by atoms with Crippen molar-refractivity contribution >= 4 is 11.9 Å². The molecule has 2 aliphatic rings. The molecule has 1 aliphatic heterocycles. The van der Waals surface area contributed by atoms with Crippen LogP contribution in [0.2, 0.25) is 0 Å². The van der Waals surface area contributed by atoms with Crippen LogP contribution in [0.25, 0.3) is 0 Å². The fourth-order valence-electron chi connectivity index (χ4n) is 2.76. The summed E-state index contributed by atoms with van der Waals surface area (Å²) in [7, 11) is 0. The van der Waals surface area contributed by atoms with Crippen LogP contribution in [0.4, 0.5) is 0 Å². The van der Waals surface area contributed by atoms with Crippen molar-refractivity contribution in [1.82, 2.24) is 4.90 Å². The highest BCUT2D eigenvalue weighted by Gasteiger charge is 2.29. The number of nitrogens with zero attached hydrogens (tertiary/aromatic N) is 1. The first-order valence-corrected chi connectivity index (χ1v) is 7.45. The van der Waals surface area contributed by atoms with Gasteiger partial charge >= 0.3 is 5.97 Å². The maximum Gasteiger partial charge on any atom is 0.309 e. The van der Waals surface area contributed by atoms with Crippen LogP contribution in [0, 0.1) is 5.92 Å². The van der Waals surface area contributed by atoms with Crippen molar-refractivity contribution in [2.45, 2.75) is 39.5 Å². The highest BCUT2D eigenvalue weighted by Crippen LogP contribution is 2.23. The van der Waals surface area contributed by atoms with E-state index in [0.717, 1.165) is 18.4 Å². The number of ether oxygens (including phenoxy) is 1. The zero-order valence-electron chi connectivity index (χ0n) is 12.4. The molecule has 1 aliphatic carbocycles. The van der Waals surface area contributed by atoms with E-state index in [1.54, 1.807) is 0 Å². The summed E-state index contributed by atoms with van der Waals surface area (Å²) in [5, 5.41) is 0. The van der Waals surface area contributed by atoms with Gasteiger partial charge in [0.15, 0.2) is 0 Å². The average molecular weight is 277 g/mol. The van der Waals surface area contributed by atoms with E-state index >= 15 is 0 Å². The molecule has 0 saturated carbocycles. The molecule has 1 saturated heterocycles. The van der Waals surface area contributed by atoms with Gasteiger partial charge < -0.3 is 9.64 Å². The van der Waals surface area contributed by atoms with E-state index in [1.165, 1.54) is 5.57 Å². The first kappa shape index (κ1) is 14.8. The van der Waals surface area contributed by atoms with Gasteiger partial charge in [-0.2, -0.15) is 0 Å². The Morgan fingerprint density at radius 3 is 2.65 bits per heavy atom. The third-order valence-corrected chi connectivity index (χ3v) is 3.95. The van der Waals surface area contributed by atoms with Crippen LogP contribution in [0.5, 0.6) is 0 Å². The summed E-state index contributed by atoms with van der Waals surface area (Å²) < 4.78 is 5.04. The number of esters is 1. The Bertz CT molecular complexity index is 443. The van der Waals surface area contributed by atoms with Gasteiger partial charge in [0.1, 0.15) is 0 Å². The summed E-state index contributed by atoms with van der Waals surface area (Å²) in [6.07, 6.45) is 7.42. The number of carbonyl (C=O) groups excluding carboxylic acids is 2. The SMILES string of the molecule is CCOC(=O)C1CCN(C(=O)C2=CCCC(C)=C2)CC1. The van der Waals surface area contributed by atoms with Crippen molar-refractivity contribution in [3.63, 3.8) is 0 Å². The van der Waals surface area contributed by atoms with Crippen molar-refractivity contribution in [1.29, 1.82) is 0 Å². The number of piperidine rings is 1. The number of allylic oxidation sites excluding steroid dienone is 2. The van der Waals surface area contributed by atoms with E-state index in [1.807, 2.05) is 24.0 Å². The lowest BCUT2D eigenvalue weighted by Crippen LogP contribution is -2.41. The van der Waals surface area contributed by atoms with Gasteiger partial charge in [-0.25, -0.2) is 0 Å². The molecule has 0 atom stereocenters. The average Bonchev–Trinajstić information content (AvgIpc) is 2.47. The minimum atomic E-state index is -0.118. The zero-order chi connectivity index (χ0) is 14.5. The van der Waals surface area contributed by atoms with E-state index in [4.69, 9.17) is 4.74 Å². The van der Waals surface area contributed by atoms with Crippen LogP contribution >= 0.6 is 0 Å². The summed E-state index contributed by atoms with van der Waals surface area (Å²) in [6, 6.07) is 0. The van der Waals surface area contributed by atoms with Crippen molar-refractivity contribution in [2.75, 3.05) is 19.7 Å². The first-order chi connectivity index (χ1) is 9.61. The van der Waals surface area contributed by atoms with Gasteiger partial charge in [-0.05, 0) is 39.5 Å². The lowest BCUT2D eigenvalue weighted by Gasteiger charge is -2.31. The Morgan fingerprint density at radius 1 is 1.35 bits per heavy atom. The summed E-state index contributed by atoms with van der Waals surface area (Å²) in [5.74, 6) is -0.0600. The molecular weight excluding hydrogens is 254 g/mol. The minimum absolute atomic E-state index is 0.0448. The molecule has 4 heteroatoms. The predicted molar refractivity (Wildman–Crippen MR) is 77.0 cm³/mol. The standard InChI is InChI=1S/C16H23NO3/c1-3-20-16(19)13-7-9-17(10-8-13)15(18)14-6-4-5-12(2)11-14/h6,11,13H,3-5,7-10H2,1-2H3. The lowest BCUT2D eigenvalue weighted by atomic mass is 9.95. The van der Waals surface area contributed by atoms with Crippen LogP contribution in [0.3, 0.4) is 0 Å². The van der Waals surface area contributed by atoms with Gasteiger partial charge in [-0.15, -0.1) is 0 Å². The van der Waals surface area contributed by atoms with Crippen LogP contribution in [-0.2, 0) is 14.3 Å². The Balaban J connectivity index is 1.89. The molecule has 1 amide bonds. The fraction of sp³-hybridized carbons (Fsp3) is 0.625. The van der Waals surface area contributed by atoms with Gasteiger partial charge in [0.25, 0.3) is 5.91 Å². The highest BCUT2D eigenvalue weighted by atomic mass is 16.5. The molecule has 0 aromatic rings. The van der Waals surface area contributed by atoms with E-state index in [2.05, 4.69) is 6.92 Å². The number of likely N-dealkylation sites (tertiary alicyclic amines) is 1. The van der Waals surface area contributed by atoms with E-state index in [-0.39, 0.29) is 17.8 Å². The van der Waals surface area contributed by atoms with Gasteiger partial charge in [0.05, 0.1) is 12.5 Å². The van der Waals surface area contributed by atoms with Gasteiger partial charge in [0.2, 0.25) is 0 Å². The number of hydrogen-bond donors (Lipinski definition) is 0. The van der Waals surface area contributed by atoms with Crippen LogP contribution in [0.1, 0.15) is 39.5 Å². The maximum absolute atomic E-state index is 12.4. The second kappa shape index (κ2) is 6.73. The smallest absolute Gasteiger partial charge is 0.309 e. The summed E-state index contributed by atoms with van der Waals surface area (Å²) in [5.41, 5.74) is 2.07. The van der Waals surface area contributed by atoms with E-state index in [0.29, 0.717) is 32.5 Å². The minimum Gasteiger partial charge on any atom is -0.466 e. The molecule has 1 fully saturated rings. The molecule has 110 valence electrons. The first-order valence-electron chi connectivity index (χ1n) is 7.45. The van der Waals surface area contributed by atoms with Gasteiger partial charge in [-0.3, -0.25) is 9.59 Å². The molecule has 0 aromatic carbocycles. The van der Waals surface area contributed by atoms with Crippen molar-refractivity contribution in [3.05, 3.63) is 23.3 Å². The third-order valence-electron chi connectivity index (χ3n) is 3.95. The van der Waals surface area contributed by atoms with Crippen molar-refractivity contribution < 1.29 is 14.3 Å². The Labute approximate surface area is 120 Å². The fourth-order valence-corrected chi connectivity index (χ4v) is 2.76. The molecule has 0 N–H and O–H groups in total. The van der Waals surface area contributed by atoms with Crippen LogP contribution < -0.4 is 0 Å². The van der Waals surface area contributed by atoms with Gasteiger partial charge in [0, 0.05) is 18.7 Å². The summed E-state index contributed by atoms with van der Waals surface area (Å²) in [4.78, 5) is 25.9. The van der Waals surface area contributed by atoms with E-state index < -0.39 is 0 Å². The van der Waals surface area contributed by atoms with E-state index in [9.17, 15) is 9.59 Å². The quantitative estimate of drug-likeness (QED) is 0.744. The van der Waals surface area contributed by atoms with Crippen LogP contribution in [0.15, 0.2) is 23.3 Å². The molecule has 0 spiro atoms.